The van der Waals surface area contributed by atoms with E-state index in [1.54, 1.807) is 31.2 Å². The number of ether oxygens (including phenoxy) is 4. The van der Waals surface area contributed by atoms with Crippen LogP contribution in [0, 0.1) is 13.8 Å². The molecule has 2 aromatic rings. The molecule has 27 heavy (non-hydrogen) atoms. The van der Waals surface area contributed by atoms with Crippen molar-refractivity contribution in [2.45, 2.75) is 13.8 Å². The molecule has 0 saturated heterocycles. The highest BCUT2D eigenvalue weighted by molar-refractivity contribution is 6.32. The summed E-state index contributed by atoms with van der Waals surface area (Å²) in [6.07, 6.45) is 0. The summed E-state index contributed by atoms with van der Waals surface area (Å²) in [7, 11) is 2.65. The zero-order valence-electron chi connectivity index (χ0n) is 15.6. The Bertz CT molecular complexity index is 847. The molecule has 0 aliphatic carbocycles. The molecule has 7 heteroatoms. The van der Waals surface area contributed by atoms with Crippen molar-refractivity contribution >= 4 is 23.5 Å². The van der Waals surface area contributed by atoms with E-state index in [4.69, 9.17) is 30.5 Å². The normalized spacial score (nSPS) is 10.3. The van der Waals surface area contributed by atoms with Crippen LogP contribution in [0.25, 0.3) is 0 Å². The van der Waals surface area contributed by atoms with E-state index in [1.165, 1.54) is 20.3 Å². The van der Waals surface area contributed by atoms with Gasteiger partial charge in [0.2, 0.25) is 0 Å². The van der Waals surface area contributed by atoms with Gasteiger partial charge in [-0.1, -0.05) is 17.7 Å². The summed E-state index contributed by atoms with van der Waals surface area (Å²) >= 11 is 6.16. The number of hydrogen-bond donors (Lipinski definition) is 0. The number of aryl methyl sites for hydroxylation is 2. The molecular weight excluding hydrogens is 372 g/mol. The van der Waals surface area contributed by atoms with E-state index in [9.17, 15) is 9.59 Å². The maximum atomic E-state index is 11.7. The zero-order chi connectivity index (χ0) is 20.0. The van der Waals surface area contributed by atoms with Gasteiger partial charge in [-0.15, -0.1) is 0 Å². The van der Waals surface area contributed by atoms with Crippen molar-refractivity contribution in [2.24, 2.45) is 0 Å². The molecule has 0 aliphatic rings. The van der Waals surface area contributed by atoms with E-state index in [-0.39, 0.29) is 13.2 Å². The van der Waals surface area contributed by atoms with Crippen molar-refractivity contribution in [1.29, 1.82) is 0 Å². The molecule has 2 aromatic carbocycles. The summed E-state index contributed by atoms with van der Waals surface area (Å²) in [5, 5.41) is 0.310. The molecule has 0 aliphatic heterocycles. The van der Waals surface area contributed by atoms with Gasteiger partial charge in [0.15, 0.2) is 0 Å². The molecular formula is C20H21ClO6. The summed E-state index contributed by atoms with van der Waals surface area (Å²) in [6, 6.07) is 8.37. The van der Waals surface area contributed by atoms with Crippen LogP contribution in [0.2, 0.25) is 5.02 Å². The lowest BCUT2D eigenvalue weighted by molar-refractivity contribution is 0.0590. The summed E-state index contributed by atoms with van der Waals surface area (Å²) < 4.78 is 20.7. The molecule has 0 radical (unpaired) electrons. The number of rotatable bonds is 7. The molecule has 0 N–H and O–H groups in total. The Morgan fingerprint density at radius 3 is 2.07 bits per heavy atom. The average Bonchev–Trinajstić information content (AvgIpc) is 2.67. The third-order valence-corrected chi connectivity index (χ3v) is 4.20. The lowest BCUT2D eigenvalue weighted by Crippen LogP contribution is -2.11. The van der Waals surface area contributed by atoms with Crippen LogP contribution in [0.3, 0.4) is 0 Å². The minimum atomic E-state index is -0.454. The van der Waals surface area contributed by atoms with E-state index in [0.717, 1.165) is 5.56 Å². The second-order valence-electron chi connectivity index (χ2n) is 5.75. The highest BCUT2D eigenvalue weighted by atomic mass is 35.5. The van der Waals surface area contributed by atoms with Gasteiger partial charge in [-0.3, -0.25) is 0 Å². The maximum absolute atomic E-state index is 11.7. The van der Waals surface area contributed by atoms with Gasteiger partial charge in [-0.05, 0) is 49.2 Å². The largest absolute Gasteiger partial charge is 0.490 e. The summed E-state index contributed by atoms with van der Waals surface area (Å²) in [4.78, 5) is 23.4. The van der Waals surface area contributed by atoms with Gasteiger partial charge < -0.3 is 18.9 Å². The fourth-order valence-electron chi connectivity index (χ4n) is 2.43. The Balaban J connectivity index is 1.97. The van der Waals surface area contributed by atoms with Crippen molar-refractivity contribution in [1.82, 2.24) is 0 Å². The van der Waals surface area contributed by atoms with E-state index in [1.807, 2.05) is 6.92 Å². The standard InChI is InChI=1S/C20H21ClO6/c1-12-5-6-14(10-15(12)19(22)24-3)26-7-8-27-18-9-13(2)16(11-17(18)21)20(23)25-4/h5-6,9-11H,7-8H2,1-4H3. The van der Waals surface area contributed by atoms with E-state index in [2.05, 4.69) is 0 Å². The second kappa shape index (κ2) is 9.28. The molecule has 0 spiro atoms. The van der Waals surface area contributed by atoms with Crippen LogP contribution in [0.1, 0.15) is 31.8 Å². The van der Waals surface area contributed by atoms with Crippen LogP contribution in [-0.2, 0) is 9.47 Å². The topological polar surface area (TPSA) is 71.1 Å². The third kappa shape index (κ3) is 5.14. The number of methoxy groups -OCH3 is 2. The summed E-state index contributed by atoms with van der Waals surface area (Å²) in [6.45, 7) is 4.07. The molecule has 0 fully saturated rings. The predicted molar refractivity (Wildman–Crippen MR) is 101 cm³/mol. The maximum Gasteiger partial charge on any atom is 0.338 e. The third-order valence-electron chi connectivity index (χ3n) is 3.91. The van der Waals surface area contributed by atoms with Crippen LogP contribution < -0.4 is 9.47 Å². The number of hydrogen-bond acceptors (Lipinski definition) is 6. The molecule has 0 amide bonds. The van der Waals surface area contributed by atoms with Gasteiger partial charge in [0.05, 0.1) is 30.4 Å². The minimum absolute atomic E-state index is 0.234. The number of benzene rings is 2. The monoisotopic (exact) mass is 392 g/mol. The van der Waals surface area contributed by atoms with Crippen molar-refractivity contribution < 1.29 is 28.5 Å². The first-order chi connectivity index (χ1) is 12.9. The van der Waals surface area contributed by atoms with E-state index >= 15 is 0 Å². The van der Waals surface area contributed by atoms with Gasteiger partial charge in [-0.2, -0.15) is 0 Å². The first-order valence-electron chi connectivity index (χ1n) is 8.20. The first-order valence-corrected chi connectivity index (χ1v) is 8.58. The van der Waals surface area contributed by atoms with Crippen LogP contribution in [0.15, 0.2) is 30.3 Å². The van der Waals surface area contributed by atoms with Gasteiger partial charge >= 0.3 is 11.9 Å². The number of esters is 2. The first kappa shape index (κ1) is 20.6. The molecule has 0 atom stereocenters. The minimum Gasteiger partial charge on any atom is -0.490 e. The molecule has 0 saturated carbocycles. The molecule has 2 rings (SSSR count). The quantitative estimate of drug-likeness (QED) is 0.524. The van der Waals surface area contributed by atoms with Crippen LogP contribution in [0.4, 0.5) is 0 Å². The molecule has 0 unspecified atom stereocenters. The van der Waals surface area contributed by atoms with Gasteiger partial charge in [-0.25, -0.2) is 9.59 Å². The fraction of sp³-hybridized carbons (Fsp3) is 0.300. The smallest absolute Gasteiger partial charge is 0.338 e. The van der Waals surface area contributed by atoms with Gasteiger partial charge in [0, 0.05) is 0 Å². The Kier molecular flexibility index (Phi) is 7.07. The SMILES string of the molecule is COC(=O)c1cc(OCCOc2cc(C)c(C(=O)OC)cc2Cl)ccc1C. The Labute approximate surface area is 162 Å². The zero-order valence-corrected chi connectivity index (χ0v) is 16.4. The van der Waals surface area contributed by atoms with Crippen molar-refractivity contribution in [3.63, 3.8) is 0 Å². The van der Waals surface area contributed by atoms with Crippen molar-refractivity contribution in [3.05, 3.63) is 57.6 Å². The average molecular weight is 393 g/mol. The molecule has 0 heterocycles. The molecule has 6 nitrogen and oxygen atoms in total. The number of carbonyl (C=O) groups is 2. The molecule has 144 valence electrons. The lowest BCUT2D eigenvalue weighted by atomic mass is 10.1. The summed E-state index contributed by atoms with van der Waals surface area (Å²) in [5.41, 5.74) is 2.34. The Morgan fingerprint density at radius 2 is 1.44 bits per heavy atom. The van der Waals surface area contributed by atoms with E-state index < -0.39 is 11.9 Å². The molecule has 0 bridgehead atoms. The highest BCUT2D eigenvalue weighted by Crippen LogP contribution is 2.28. The van der Waals surface area contributed by atoms with E-state index in [0.29, 0.717) is 33.2 Å². The van der Waals surface area contributed by atoms with Gasteiger partial charge in [0.25, 0.3) is 0 Å². The predicted octanol–water partition coefficient (Wildman–Crippen LogP) is 3.99. The molecule has 0 aromatic heterocycles. The van der Waals surface area contributed by atoms with Crippen molar-refractivity contribution in [3.8, 4) is 11.5 Å². The summed E-state index contributed by atoms with van der Waals surface area (Å²) in [5.74, 6) is 0.115. The second-order valence-corrected chi connectivity index (χ2v) is 6.16. The highest BCUT2D eigenvalue weighted by Gasteiger charge is 2.14. The van der Waals surface area contributed by atoms with Crippen LogP contribution in [0.5, 0.6) is 11.5 Å². The fourth-order valence-corrected chi connectivity index (χ4v) is 2.65. The van der Waals surface area contributed by atoms with Crippen molar-refractivity contribution in [2.75, 3.05) is 27.4 Å². The number of halogens is 1. The van der Waals surface area contributed by atoms with Gasteiger partial charge in [0.1, 0.15) is 24.7 Å². The van der Waals surface area contributed by atoms with Crippen LogP contribution in [-0.4, -0.2) is 39.4 Å². The Hall–Kier alpha value is -2.73. The lowest BCUT2D eigenvalue weighted by Gasteiger charge is -2.13. The number of carbonyl (C=O) groups excluding carboxylic acids is 2. The van der Waals surface area contributed by atoms with Crippen LogP contribution >= 0.6 is 11.6 Å². The Morgan fingerprint density at radius 1 is 0.852 bits per heavy atom.